The van der Waals surface area contributed by atoms with Gasteiger partial charge in [-0.25, -0.2) is 9.67 Å². The molecule has 10 heteroatoms. The average molecular weight is 463 g/mol. The monoisotopic (exact) mass is 462 g/mol. The Balaban J connectivity index is 1.49. The van der Waals surface area contributed by atoms with Crippen molar-refractivity contribution in [3.8, 4) is 28.8 Å². The molecule has 0 radical (unpaired) electrons. The minimum atomic E-state index is -0.252. The van der Waals surface area contributed by atoms with Gasteiger partial charge in [0.25, 0.3) is 11.8 Å². The normalized spacial score (nSPS) is 11.0. The first-order valence-electron chi connectivity index (χ1n) is 10.8. The van der Waals surface area contributed by atoms with Gasteiger partial charge < -0.3 is 19.3 Å². The molecule has 0 fully saturated rings. The van der Waals surface area contributed by atoms with Crippen LogP contribution in [0.4, 0.5) is 0 Å². The van der Waals surface area contributed by atoms with Crippen LogP contribution in [0, 0.1) is 6.92 Å². The lowest BCUT2D eigenvalue weighted by molar-refractivity contribution is 0.0950. The van der Waals surface area contributed by atoms with Crippen molar-refractivity contribution in [1.82, 2.24) is 30.2 Å². The number of benzene rings is 1. The van der Waals surface area contributed by atoms with Crippen molar-refractivity contribution in [2.24, 2.45) is 0 Å². The Morgan fingerprint density at radius 3 is 2.62 bits per heavy atom. The smallest absolute Gasteiger partial charge is 0.259 e. The van der Waals surface area contributed by atoms with Gasteiger partial charge in [0.1, 0.15) is 11.5 Å². The first-order valence-corrected chi connectivity index (χ1v) is 10.8. The molecule has 1 amide bonds. The summed E-state index contributed by atoms with van der Waals surface area (Å²) in [6.07, 6.45) is 3.17. The summed E-state index contributed by atoms with van der Waals surface area (Å²) < 4.78 is 17.6. The summed E-state index contributed by atoms with van der Waals surface area (Å²) in [7, 11) is 3.18. The van der Waals surface area contributed by atoms with Gasteiger partial charge in [0.15, 0.2) is 11.6 Å². The number of aromatic nitrogens is 5. The van der Waals surface area contributed by atoms with Crippen LogP contribution in [0.15, 0.2) is 47.2 Å². The molecule has 34 heavy (non-hydrogen) atoms. The van der Waals surface area contributed by atoms with Crippen LogP contribution in [0.3, 0.4) is 0 Å². The Labute approximate surface area is 196 Å². The molecule has 176 valence electrons. The zero-order valence-corrected chi connectivity index (χ0v) is 19.7. The third-order valence-corrected chi connectivity index (χ3v) is 5.35. The van der Waals surface area contributed by atoms with Crippen molar-refractivity contribution in [3.63, 3.8) is 0 Å². The first kappa shape index (κ1) is 23.0. The summed E-state index contributed by atoms with van der Waals surface area (Å²) in [5.74, 6) is 2.89. The molecular formula is C24H26N6O4. The number of nitrogens with zero attached hydrogens (tertiary/aromatic N) is 5. The molecule has 0 aliphatic carbocycles. The van der Waals surface area contributed by atoms with Gasteiger partial charge in [-0.05, 0) is 37.3 Å². The Morgan fingerprint density at radius 2 is 1.97 bits per heavy atom. The second-order valence-electron chi connectivity index (χ2n) is 7.93. The number of carbonyl (C=O) groups is 1. The maximum atomic E-state index is 12.8. The second-order valence-corrected chi connectivity index (χ2v) is 7.93. The van der Waals surface area contributed by atoms with E-state index in [2.05, 4.69) is 25.5 Å². The highest BCUT2D eigenvalue weighted by Gasteiger charge is 2.17. The number of amides is 1. The van der Waals surface area contributed by atoms with Crippen LogP contribution in [0.1, 0.15) is 47.2 Å². The number of hydrogen-bond donors (Lipinski definition) is 1. The fourth-order valence-corrected chi connectivity index (χ4v) is 3.38. The molecule has 0 aliphatic heterocycles. The molecule has 3 heterocycles. The quantitative estimate of drug-likeness (QED) is 0.421. The molecule has 0 saturated carbocycles. The molecule has 0 bridgehead atoms. The zero-order chi connectivity index (χ0) is 24.2. The van der Waals surface area contributed by atoms with E-state index in [9.17, 15) is 4.79 Å². The van der Waals surface area contributed by atoms with Crippen LogP contribution in [-0.2, 0) is 6.54 Å². The van der Waals surface area contributed by atoms with Crippen LogP contribution in [-0.4, -0.2) is 45.0 Å². The third-order valence-electron chi connectivity index (χ3n) is 5.35. The lowest BCUT2D eigenvalue weighted by Gasteiger charge is -2.11. The van der Waals surface area contributed by atoms with E-state index in [-0.39, 0.29) is 18.4 Å². The van der Waals surface area contributed by atoms with Crippen molar-refractivity contribution in [2.45, 2.75) is 33.2 Å². The van der Waals surface area contributed by atoms with Crippen LogP contribution in [0.5, 0.6) is 11.5 Å². The Morgan fingerprint density at radius 1 is 1.15 bits per heavy atom. The molecule has 10 nitrogen and oxygen atoms in total. The highest BCUT2D eigenvalue weighted by atomic mass is 16.5. The maximum Gasteiger partial charge on any atom is 0.259 e. The number of pyridine rings is 1. The van der Waals surface area contributed by atoms with E-state index in [4.69, 9.17) is 14.0 Å². The predicted octanol–water partition coefficient (Wildman–Crippen LogP) is 3.70. The zero-order valence-electron chi connectivity index (χ0n) is 19.7. The summed E-state index contributed by atoms with van der Waals surface area (Å²) in [6.45, 7) is 6.09. The molecule has 1 aromatic carbocycles. The highest BCUT2D eigenvalue weighted by Crippen LogP contribution is 2.24. The average Bonchev–Trinajstić information content (AvgIpc) is 3.50. The lowest BCUT2D eigenvalue weighted by atomic mass is 10.1. The molecule has 1 N–H and O–H groups in total. The van der Waals surface area contributed by atoms with Gasteiger partial charge in [0.05, 0.1) is 37.2 Å². The van der Waals surface area contributed by atoms with Crippen LogP contribution < -0.4 is 14.8 Å². The molecular weight excluding hydrogens is 436 g/mol. The van der Waals surface area contributed by atoms with Gasteiger partial charge in [-0.3, -0.25) is 4.79 Å². The topological polar surface area (TPSA) is 117 Å². The van der Waals surface area contributed by atoms with Crippen molar-refractivity contribution in [2.75, 3.05) is 14.2 Å². The molecule has 4 aromatic rings. The summed E-state index contributed by atoms with van der Waals surface area (Å²) in [4.78, 5) is 21.7. The van der Waals surface area contributed by atoms with Gasteiger partial charge >= 0.3 is 0 Å². The molecule has 0 saturated heterocycles. The Bertz CT molecular complexity index is 1290. The van der Waals surface area contributed by atoms with Crippen LogP contribution in [0.25, 0.3) is 17.3 Å². The van der Waals surface area contributed by atoms with E-state index in [0.717, 1.165) is 5.56 Å². The van der Waals surface area contributed by atoms with E-state index in [0.29, 0.717) is 45.9 Å². The standard InChI is InChI=1S/C24H26N6O4/c1-14(2)22-28-24(34-29-22)16-6-9-21(25-11-16)30-15(3)19(13-27-30)23(31)26-12-17-10-18(32-4)7-8-20(17)33-5/h6-11,13-14H,12H2,1-5H3,(H,26,31). The number of carbonyl (C=O) groups excluding carboxylic acids is 1. The summed E-state index contributed by atoms with van der Waals surface area (Å²) in [5, 5.41) is 11.2. The molecule has 0 spiro atoms. The van der Waals surface area contributed by atoms with Crippen LogP contribution >= 0.6 is 0 Å². The fraction of sp³-hybridized carbons (Fsp3) is 0.292. The lowest BCUT2D eigenvalue weighted by Crippen LogP contribution is -2.23. The minimum Gasteiger partial charge on any atom is -0.497 e. The number of nitrogens with one attached hydrogen (secondary N) is 1. The highest BCUT2D eigenvalue weighted by molar-refractivity contribution is 5.95. The van der Waals surface area contributed by atoms with Crippen molar-refractivity contribution >= 4 is 5.91 Å². The fourth-order valence-electron chi connectivity index (χ4n) is 3.38. The van der Waals surface area contributed by atoms with Gasteiger partial charge in [0.2, 0.25) is 0 Å². The minimum absolute atomic E-state index is 0.172. The third kappa shape index (κ3) is 4.61. The summed E-state index contributed by atoms with van der Waals surface area (Å²) in [5.41, 5.74) is 2.62. The van der Waals surface area contributed by atoms with Gasteiger partial charge in [-0.2, -0.15) is 10.1 Å². The Kier molecular flexibility index (Phi) is 6.58. The van der Waals surface area contributed by atoms with Crippen molar-refractivity contribution < 1.29 is 18.8 Å². The summed E-state index contributed by atoms with van der Waals surface area (Å²) in [6, 6.07) is 9.05. The molecule has 0 aliphatic rings. The Hall–Kier alpha value is -4.21. The number of ether oxygens (including phenoxy) is 2. The van der Waals surface area contributed by atoms with E-state index in [1.807, 2.05) is 32.9 Å². The molecule has 0 atom stereocenters. The van der Waals surface area contributed by atoms with E-state index in [1.165, 1.54) is 6.20 Å². The second kappa shape index (κ2) is 9.74. The van der Waals surface area contributed by atoms with E-state index < -0.39 is 0 Å². The SMILES string of the molecule is COc1ccc(OC)c(CNC(=O)c2cnn(-c3ccc(-c4nc(C(C)C)no4)cn3)c2C)c1. The van der Waals surface area contributed by atoms with Crippen LogP contribution in [0.2, 0.25) is 0 Å². The molecule has 0 unspecified atom stereocenters. The van der Waals surface area contributed by atoms with Gasteiger partial charge in [0, 0.05) is 24.2 Å². The largest absolute Gasteiger partial charge is 0.497 e. The number of methoxy groups -OCH3 is 2. The molecule has 4 rings (SSSR count). The molecule has 3 aromatic heterocycles. The van der Waals surface area contributed by atoms with E-state index in [1.54, 1.807) is 43.3 Å². The maximum absolute atomic E-state index is 12.8. The number of rotatable bonds is 8. The van der Waals surface area contributed by atoms with Gasteiger partial charge in [-0.1, -0.05) is 19.0 Å². The van der Waals surface area contributed by atoms with Crippen molar-refractivity contribution in [3.05, 3.63) is 65.4 Å². The number of hydrogen-bond acceptors (Lipinski definition) is 8. The van der Waals surface area contributed by atoms with Gasteiger partial charge in [-0.15, -0.1) is 0 Å². The first-order chi connectivity index (χ1) is 16.4. The van der Waals surface area contributed by atoms with E-state index >= 15 is 0 Å². The van der Waals surface area contributed by atoms with Crippen molar-refractivity contribution in [1.29, 1.82) is 0 Å². The predicted molar refractivity (Wildman–Crippen MR) is 124 cm³/mol. The summed E-state index contributed by atoms with van der Waals surface area (Å²) >= 11 is 0.